The second-order valence-electron chi connectivity index (χ2n) is 4.77. The summed E-state index contributed by atoms with van der Waals surface area (Å²) in [4.78, 5) is 29.6. The topological polar surface area (TPSA) is 59.5 Å². The number of carbonyl (C=O) groups is 2. The highest BCUT2D eigenvalue weighted by atomic mass is 16.5. The second-order valence-corrected chi connectivity index (χ2v) is 4.77. The number of ether oxygens (including phenoxy) is 1. The Bertz CT molecular complexity index is 698. The van der Waals surface area contributed by atoms with Crippen LogP contribution in [0.1, 0.15) is 15.9 Å². The van der Waals surface area contributed by atoms with Gasteiger partial charge in [-0.3, -0.25) is 14.6 Å². The average Bonchev–Trinajstić information content (AvgIpc) is 2.77. The number of hydrogen-bond acceptors (Lipinski definition) is 4. The summed E-state index contributed by atoms with van der Waals surface area (Å²) in [5.41, 5.74) is 2.14. The third-order valence-electron chi connectivity index (χ3n) is 3.55. The van der Waals surface area contributed by atoms with E-state index >= 15 is 0 Å². The van der Waals surface area contributed by atoms with Crippen LogP contribution in [0.4, 0.5) is 5.69 Å². The van der Waals surface area contributed by atoms with Gasteiger partial charge in [-0.25, -0.2) is 0 Å². The van der Waals surface area contributed by atoms with Crippen LogP contribution in [0, 0.1) is 0 Å². The molecule has 106 valence electrons. The van der Waals surface area contributed by atoms with Crippen molar-refractivity contribution in [1.82, 2.24) is 4.98 Å². The van der Waals surface area contributed by atoms with Crippen molar-refractivity contribution in [3.8, 4) is 5.75 Å². The van der Waals surface area contributed by atoms with Gasteiger partial charge in [-0.1, -0.05) is 0 Å². The standard InChI is InChI=1S/C16H14N2O3/c1-21-12-2-3-14-13(10-12)15(19)16(20)18(14)9-6-11-4-7-17-8-5-11/h2-5,7-8,10H,6,9H2,1H3. The van der Waals surface area contributed by atoms with Gasteiger partial charge in [0.15, 0.2) is 0 Å². The first-order chi connectivity index (χ1) is 10.2. The Morgan fingerprint density at radius 1 is 1.14 bits per heavy atom. The summed E-state index contributed by atoms with van der Waals surface area (Å²) in [6.45, 7) is 0.466. The Morgan fingerprint density at radius 2 is 1.90 bits per heavy atom. The molecular formula is C16H14N2O3. The highest BCUT2D eigenvalue weighted by molar-refractivity contribution is 6.52. The average molecular weight is 282 g/mol. The molecule has 1 aliphatic rings. The quantitative estimate of drug-likeness (QED) is 0.803. The van der Waals surface area contributed by atoms with Crippen molar-refractivity contribution in [3.63, 3.8) is 0 Å². The number of ketones is 1. The molecular weight excluding hydrogens is 268 g/mol. The summed E-state index contributed by atoms with van der Waals surface area (Å²) in [7, 11) is 1.53. The first kappa shape index (κ1) is 13.3. The van der Waals surface area contributed by atoms with Gasteiger partial charge in [0.05, 0.1) is 18.4 Å². The molecule has 0 saturated carbocycles. The molecule has 0 spiro atoms. The lowest BCUT2D eigenvalue weighted by atomic mass is 10.1. The molecule has 0 bridgehead atoms. The molecule has 1 aromatic carbocycles. The van der Waals surface area contributed by atoms with Gasteiger partial charge in [0.25, 0.3) is 11.7 Å². The van der Waals surface area contributed by atoms with Gasteiger partial charge < -0.3 is 9.64 Å². The van der Waals surface area contributed by atoms with Crippen molar-refractivity contribution in [3.05, 3.63) is 53.9 Å². The molecule has 0 atom stereocenters. The molecule has 0 fully saturated rings. The molecule has 5 nitrogen and oxygen atoms in total. The first-order valence-electron chi connectivity index (χ1n) is 6.64. The minimum absolute atomic E-state index is 0.411. The molecule has 1 amide bonds. The van der Waals surface area contributed by atoms with Crippen molar-refractivity contribution < 1.29 is 14.3 Å². The number of methoxy groups -OCH3 is 1. The molecule has 3 rings (SSSR count). The minimum atomic E-state index is -0.479. The summed E-state index contributed by atoms with van der Waals surface area (Å²) in [5, 5.41) is 0. The maximum atomic E-state index is 12.1. The van der Waals surface area contributed by atoms with Crippen LogP contribution < -0.4 is 9.64 Å². The second kappa shape index (κ2) is 5.36. The van der Waals surface area contributed by atoms with Crippen molar-refractivity contribution in [2.75, 3.05) is 18.6 Å². The van der Waals surface area contributed by atoms with Gasteiger partial charge in [-0.05, 0) is 42.3 Å². The monoisotopic (exact) mass is 282 g/mol. The Hall–Kier alpha value is -2.69. The molecule has 1 aliphatic heterocycles. The van der Waals surface area contributed by atoms with Crippen LogP contribution in [0.25, 0.3) is 0 Å². The summed E-state index contributed by atoms with van der Waals surface area (Å²) in [6, 6.07) is 8.92. The maximum Gasteiger partial charge on any atom is 0.299 e. The van der Waals surface area contributed by atoms with E-state index in [1.54, 1.807) is 30.6 Å². The van der Waals surface area contributed by atoms with E-state index in [1.165, 1.54) is 12.0 Å². The minimum Gasteiger partial charge on any atom is -0.497 e. The zero-order chi connectivity index (χ0) is 14.8. The number of pyridine rings is 1. The first-order valence-corrected chi connectivity index (χ1v) is 6.64. The zero-order valence-corrected chi connectivity index (χ0v) is 11.6. The number of nitrogens with zero attached hydrogens (tertiary/aromatic N) is 2. The van der Waals surface area contributed by atoms with Gasteiger partial charge in [-0.15, -0.1) is 0 Å². The Labute approximate surface area is 122 Å². The van der Waals surface area contributed by atoms with Crippen LogP contribution in [0.2, 0.25) is 0 Å². The molecule has 2 aromatic rings. The van der Waals surface area contributed by atoms with E-state index in [9.17, 15) is 9.59 Å². The number of benzene rings is 1. The Kier molecular flexibility index (Phi) is 3.39. The third-order valence-corrected chi connectivity index (χ3v) is 3.55. The van der Waals surface area contributed by atoms with E-state index in [2.05, 4.69) is 4.98 Å². The lowest BCUT2D eigenvalue weighted by Gasteiger charge is -2.16. The fourth-order valence-corrected chi connectivity index (χ4v) is 2.42. The number of hydrogen-bond donors (Lipinski definition) is 0. The lowest BCUT2D eigenvalue weighted by Crippen LogP contribution is -2.31. The Morgan fingerprint density at radius 3 is 2.62 bits per heavy atom. The summed E-state index contributed by atoms with van der Waals surface area (Å²) >= 11 is 0. The van der Waals surface area contributed by atoms with E-state index in [4.69, 9.17) is 4.74 Å². The number of carbonyl (C=O) groups excluding carboxylic acids is 2. The smallest absolute Gasteiger partial charge is 0.299 e. The van der Waals surface area contributed by atoms with Crippen LogP contribution in [-0.4, -0.2) is 30.3 Å². The summed E-state index contributed by atoms with van der Waals surface area (Å²) in [6.07, 6.45) is 4.10. The highest BCUT2D eigenvalue weighted by Gasteiger charge is 2.35. The van der Waals surface area contributed by atoms with Crippen molar-refractivity contribution in [2.24, 2.45) is 0 Å². The number of fused-ring (bicyclic) bond motifs is 1. The van der Waals surface area contributed by atoms with Crippen molar-refractivity contribution >= 4 is 17.4 Å². The number of aromatic nitrogens is 1. The third kappa shape index (κ3) is 2.38. The van der Waals surface area contributed by atoms with Crippen LogP contribution in [-0.2, 0) is 11.2 Å². The van der Waals surface area contributed by atoms with E-state index < -0.39 is 11.7 Å². The molecule has 1 aromatic heterocycles. The number of amides is 1. The lowest BCUT2D eigenvalue weighted by molar-refractivity contribution is -0.114. The van der Waals surface area contributed by atoms with Gasteiger partial charge in [-0.2, -0.15) is 0 Å². The van der Waals surface area contributed by atoms with Crippen LogP contribution in [0.5, 0.6) is 5.75 Å². The predicted octanol–water partition coefficient (Wildman–Crippen LogP) is 1.86. The number of rotatable bonds is 4. The Balaban J connectivity index is 1.84. The molecule has 5 heteroatoms. The van der Waals surface area contributed by atoms with Crippen molar-refractivity contribution in [2.45, 2.75) is 6.42 Å². The molecule has 0 N–H and O–H groups in total. The summed E-state index contributed by atoms with van der Waals surface area (Å²) in [5.74, 6) is -0.378. The highest BCUT2D eigenvalue weighted by Crippen LogP contribution is 2.32. The number of Topliss-reactive ketones (excluding diaryl/α,β-unsaturated/α-hetero) is 1. The van der Waals surface area contributed by atoms with E-state index in [0.29, 0.717) is 30.0 Å². The van der Waals surface area contributed by atoms with E-state index in [-0.39, 0.29) is 0 Å². The largest absolute Gasteiger partial charge is 0.497 e. The van der Waals surface area contributed by atoms with Gasteiger partial charge in [0.2, 0.25) is 0 Å². The maximum absolute atomic E-state index is 12.1. The van der Waals surface area contributed by atoms with E-state index in [0.717, 1.165) is 5.56 Å². The molecule has 0 radical (unpaired) electrons. The van der Waals surface area contributed by atoms with E-state index in [1.807, 2.05) is 12.1 Å². The molecule has 2 heterocycles. The van der Waals surface area contributed by atoms with Crippen LogP contribution in [0.15, 0.2) is 42.7 Å². The molecule has 0 aliphatic carbocycles. The molecule has 0 saturated heterocycles. The summed E-state index contributed by atoms with van der Waals surface area (Å²) < 4.78 is 5.10. The predicted molar refractivity (Wildman–Crippen MR) is 77.6 cm³/mol. The van der Waals surface area contributed by atoms with Gasteiger partial charge >= 0.3 is 0 Å². The van der Waals surface area contributed by atoms with Crippen molar-refractivity contribution in [1.29, 1.82) is 0 Å². The fraction of sp³-hybridized carbons (Fsp3) is 0.188. The van der Waals surface area contributed by atoms with Crippen LogP contribution >= 0.6 is 0 Å². The molecule has 0 unspecified atom stereocenters. The fourth-order valence-electron chi connectivity index (χ4n) is 2.42. The molecule has 21 heavy (non-hydrogen) atoms. The SMILES string of the molecule is COc1ccc2c(c1)C(=O)C(=O)N2CCc1ccncc1. The van der Waals surface area contributed by atoms with Gasteiger partial charge in [0, 0.05) is 18.9 Å². The number of anilines is 1. The normalized spacial score (nSPS) is 13.5. The van der Waals surface area contributed by atoms with Crippen LogP contribution in [0.3, 0.4) is 0 Å². The van der Waals surface area contributed by atoms with Gasteiger partial charge in [0.1, 0.15) is 5.75 Å². The zero-order valence-electron chi connectivity index (χ0n) is 11.6.